The first-order valence-corrected chi connectivity index (χ1v) is 8.26. The number of rotatable bonds is 2. The average Bonchev–Trinajstić information content (AvgIpc) is 2.44. The van der Waals surface area contributed by atoms with E-state index in [4.69, 9.17) is 4.74 Å². The van der Waals surface area contributed by atoms with Gasteiger partial charge in [-0.3, -0.25) is 0 Å². The monoisotopic (exact) mass is 418 g/mol. The summed E-state index contributed by atoms with van der Waals surface area (Å²) in [5.74, 6) is 0. The number of benzene rings is 1. The summed E-state index contributed by atoms with van der Waals surface area (Å²) in [6, 6.07) is 5.78. The minimum atomic E-state index is -4.57. The van der Waals surface area contributed by atoms with Gasteiger partial charge in [-0.15, -0.1) is 0 Å². The predicted molar refractivity (Wildman–Crippen MR) is 92.1 cm³/mol. The minimum absolute atomic E-state index is 0.0343. The fraction of sp³-hybridized carbons (Fsp3) is 0.412. The van der Waals surface area contributed by atoms with Gasteiger partial charge in [-0.2, -0.15) is 13.2 Å². The third-order valence-electron chi connectivity index (χ3n) is 3.26. The van der Waals surface area contributed by atoms with E-state index < -0.39 is 23.6 Å². The number of pyridine rings is 1. The van der Waals surface area contributed by atoms with Gasteiger partial charge in [-0.05, 0) is 50.6 Å². The third-order valence-corrected chi connectivity index (χ3v) is 3.75. The first kappa shape index (κ1) is 19.5. The number of hydrogen-bond acceptors (Lipinski definition) is 3. The summed E-state index contributed by atoms with van der Waals surface area (Å²) in [7, 11) is 1.48. The van der Waals surface area contributed by atoms with E-state index in [-0.39, 0.29) is 12.1 Å². The number of amides is 1. The lowest BCUT2D eigenvalue weighted by Crippen LogP contribution is -2.34. The molecule has 0 spiro atoms. The Morgan fingerprint density at radius 1 is 1.24 bits per heavy atom. The number of fused-ring (bicyclic) bond motifs is 1. The molecule has 0 saturated heterocycles. The van der Waals surface area contributed by atoms with Gasteiger partial charge in [0.15, 0.2) is 0 Å². The van der Waals surface area contributed by atoms with Crippen molar-refractivity contribution in [3.05, 3.63) is 40.0 Å². The molecule has 136 valence electrons. The molecular weight excluding hydrogens is 401 g/mol. The van der Waals surface area contributed by atoms with Gasteiger partial charge < -0.3 is 9.64 Å². The quantitative estimate of drug-likeness (QED) is 0.656. The fourth-order valence-electron chi connectivity index (χ4n) is 2.20. The molecule has 0 aliphatic heterocycles. The van der Waals surface area contributed by atoms with Crippen molar-refractivity contribution in [2.24, 2.45) is 0 Å². The van der Waals surface area contributed by atoms with E-state index >= 15 is 0 Å². The highest BCUT2D eigenvalue weighted by atomic mass is 79.9. The molecule has 2 aromatic rings. The van der Waals surface area contributed by atoms with Crippen LogP contribution in [0.25, 0.3) is 10.9 Å². The zero-order chi connectivity index (χ0) is 19.0. The van der Waals surface area contributed by atoms with Crippen molar-refractivity contribution in [3.8, 4) is 0 Å². The van der Waals surface area contributed by atoms with Crippen LogP contribution in [0, 0.1) is 0 Å². The van der Waals surface area contributed by atoms with Crippen LogP contribution < -0.4 is 0 Å². The molecule has 0 unspecified atom stereocenters. The zero-order valence-electron chi connectivity index (χ0n) is 14.2. The Kier molecular flexibility index (Phi) is 5.32. The van der Waals surface area contributed by atoms with Crippen LogP contribution in [-0.4, -0.2) is 28.6 Å². The molecular formula is C17H18BrF3N2O2. The summed E-state index contributed by atoms with van der Waals surface area (Å²) in [5, 5.41) is 0.540. The standard InChI is InChI=1S/C17H18BrF3N2O2/c1-16(2,3)25-15(24)23(4)9-10-7-14(17(19,20)21)22-13-6-5-11(18)8-12(10)13/h5-8H,9H2,1-4H3. The predicted octanol–water partition coefficient (Wildman–Crippen LogP) is 5.38. The molecule has 8 heteroatoms. The molecule has 0 N–H and O–H groups in total. The van der Waals surface area contributed by atoms with Gasteiger partial charge in [0, 0.05) is 23.5 Å². The van der Waals surface area contributed by atoms with Gasteiger partial charge in [0.1, 0.15) is 11.3 Å². The first-order valence-electron chi connectivity index (χ1n) is 7.47. The zero-order valence-corrected chi connectivity index (χ0v) is 15.8. The maximum atomic E-state index is 13.1. The maximum Gasteiger partial charge on any atom is 0.433 e. The van der Waals surface area contributed by atoms with Crippen LogP contribution in [0.2, 0.25) is 0 Å². The topological polar surface area (TPSA) is 42.4 Å². The van der Waals surface area contributed by atoms with Gasteiger partial charge in [-0.25, -0.2) is 9.78 Å². The Balaban J connectivity index is 2.44. The number of alkyl halides is 3. The van der Waals surface area contributed by atoms with E-state index in [2.05, 4.69) is 20.9 Å². The fourth-order valence-corrected chi connectivity index (χ4v) is 2.56. The Labute approximate surface area is 152 Å². The minimum Gasteiger partial charge on any atom is -0.444 e. The average molecular weight is 419 g/mol. The lowest BCUT2D eigenvalue weighted by molar-refractivity contribution is -0.141. The third kappa shape index (κ3) is 5.07. The number of halogens is 4. The van der Waals surface area contributed by atoms with E-state index in [0.717, 1.165) is 6.07 Å². The van der Waals surface area contributed by atoms with Crippen LogP contribution in [0.1, 0.15) is 32.0 Å². The van der Waals surface area contributed by atoms with Gasteiger partial charge in [0.2, 0.25) is 0 Å². The van der Waals surface area contributed by atoms with Crippen molar-refractivity contribution in [1.29, 1.82) is 0 Å². The number of carbonyl (C=O) groups excluding carboxylic acids is 1. The number of nitrogens with zero attached hydrogens (tertiary/aromatic N) is 2. The first-order chi connectivity index (χ1) is 11.4. The van der Waals surface area contributed by atoms with Crippen LogP contribution >= 0.6 is 15.9 Å². The molecule has 1 amide bonds. The van der Waals surface area contributed by atoms with Gasteiger partial charge in [0.25, 0.3) is 0 Å². The molecule has 4 nitrogen and oxygen atoms in total. The van der Waals surface area contributed by atoms with E-state index in [1.807, 2.05) is 0 Å². The maximum absolute atomic E-state index is 13.1. The molecule has 1 heterocycles. The van der Waals surface area contributed by atoms with Gasteiger partial charge in [0.05, 0.1) is 5.52 Å². The summed E-state index contributed by atoms with van der Waals surface area (Å²) < 4.78 is 45.3. The SMILES string of the molecule is CN(Cc1cc(C(F)(F)F)nc2ccc(Br)cc12)C(=O)OC(C)(C)C. The van der Waals surface area contributed by atoms with Crippen LogP contribution in [0.5, 0.6) is 0 Å². The van der Waals surface area contributed by atoms with E-state index in [9.17, 15) is 18.0 Å². The van der Waals surface area contributed by atoms with E-state index in [0.29, 0.717) is 15.4 Å². The van der Waals surface area contributed by atoms with Crippen molar-refractivity contribution in [2.45, 2.75) is 39.1 Å². The summed E-state index contributed by atoms with van der Waals surface area (Å²) >= 11 is 3.30. The molecule has 0 fully saturated rings. The Hall–Kier alpha value is -1.83. The lowest BCUT2D eigenvalue weighted by atomic mass is 10.1. The lowest BCUT2D eigenvalue weighted by Gasteiger charge is -2.25. The summed E-state index contributed by atoms with van der Waals surface area (Å²) in [6.07, 6.45) is -5.18. The molecule has 0 bridgehead atoms. The van der Waals surface area contributed by atoms with E-state index in [1.54, 1.807) is 32.9 Å². The van der Waals surface area contributed by atoms with Gasteiger partial charge in [-0.1, -0.05) is 15.9 Å². The summed E-state index contributed by atoms with van der Waals surface area (Å²) in [5.41, 5.74) is -1.13. The highest BCUT2D eigenvalue weighted by Crippen LogP contribution is 2.32. The van der Waals surface area contributed by atoms with Crippen molar-refractivity contribution in [3.63, 3.8) is 0 Å². The molecule has 1 aromatic carbocycles. The number of carbonyl (C=O) groups is 1. The van der Waals surface area contributed by atoms with Crippen molar-refractivity contribution >= 4 is 32.9 Å². The highest BCUT2D eigenvalue weighted by Gasteiger charge is 2.33. The summed E-state index contributed by atoms with van der Waals surface area (Å²) in [6.45, 7) is 5.13. The molecule has 0 aliphatic carbocycles. The Morgan fingerprint density at radius 3 is 2.44 bits per heavy atom. The largest absolute Gasteiger partial charge is 0.444 e. The van der Waals surface area contributed by atoms with Crippen LogP contribution in [0.3, 0.4) is 0 Å². The molecule has 1 aromatic heterocycles. The Morgan fingerprint density at radius 2 is 1.88 bits per heavy atom. The summed E-state index contributed by atoms with van der Waals surface area (Å²) in [4.78, 5) is 17.0. The van der Waals surface area contributed by atoms with E-state index in [1.165, 1.54) is 18.0 Å². The second kappa shape index (κ2) is 6.82. The van der Waals surface area contributed by atoms with Crippen LogP contribution in [0.15, 0.2) is 28.7 Å². The second-order valence-corrected chi connectivity index (χ2v) is 7.58. The highest BCUT2D eigenvalue weighted by molar-refractivity contribution is 9.10. The van der Waals surface area contributed by atoms with Crippen molar-refractivity contribution in [2.75, 3.05) is 7.05 Å². The van der Waals surface area contributed by atoms with Crippen molar-refractivity contribution in [1.82, 2.24) is 9.88 Å². The number of hydrogen-bond donors (Lipinski definition) is 0. The molecule has 0 radical (unpaired) electrons. The van der Waals surface area contributed by atoms with Gasteiger partial charge >= 0.3 is 12.3 Å². The molecule has 2 rings (SSSR count). The van der Waals surface area contributed by atoms with Crippen molar-refractivity contribution < 1.29 is 22.7 Å². The molecule has 0 aliphatic rings. The molecule has 0 atom stereocenters. The molecule has 0 saturated carbocycles. The van der Waals surface area contributed by atoms with Crippen LogP contribution in [0.4, 0.5) is 18.0 Å². The number of ether oxygens (including phenoxy) is 1. The second-order valence-electron chi connectivity index (χ2n) is 6.66. The molecule has 25 heavy (non-hydrogen) atoms. The normalized spacial score (nSPS) is 12.3. The smallest absolute Gasteiger partial charge is 0.433 e. The number of aromatic nitrogens is 1. The van der Waals surface area contributed by atoms with Crippen LogP contribution in [-0.2, 0) is 17.5 Å². The Bertz CT molecular complexity index is 801.